The molecule has 1 rings (SSSR count). The highest BCUT2D eigenvalue weighted by molar-refractivity contribution is 9.12. The quantitative estimate of drug-likeness (QED) is 0.543. The molecule has 4 heteroatoms. The number of hydrogen-bond acceptors (Lipinski definition) is 2. The summed E-state index contributed by atoms with van der Waals surface area (Å²) >= 11 is 2.88. The zero-order valence-electron chi connectivity index (χ0n) is 5.97. The van der Waals surface area contributed by atoms with E-state index in [2.05, 4.69) is 26.7 Å². The van der Waals surface area contributed by atoms with Crippen molar-refractivity contribution in [1.82, 2.24) is 4.90 Å². The summed E-state index contributed by atoms with van der Waals surface area (Å²) in [5.74, 6) is 2.28. The van der Waals surface area contributed by atoms with Gasteiger partial charge in [0, 0.05) is 34.9 Å². The molecule has 1 fully saturated rings. The first-order valence-corrected chi connectivity index (χ1v) is 4.12. The van der Waals surface area contributed by atoms with Crippen LogP contribution in [0.4, 0.5) is 0 Å². The third kappa shape index (κ3) is 2.52. The van der Waals surface area contributed by atoms with E-state index >= 15 is 0 Å². The van der Waals surface area contributed by atoms with Crippen molar-refractivity contribution in [3.8, 4) is 10.8 Å². The zero-order valence-corrected chi connectivity index (χ0v) is 7.56. The van der Waals surface area contributed by atoms with E-state index in [1.165, 1.54) is 0 Å². The first kappa shape index (κ1) is 8.57. The highest BCUT2D eigenvalue weighted by atomic mass is 79.9. The molecular formula is C7H8BrNO2. The fourth-order valence-electron chi connectivity index (χ4n) is 0.886. The number of hydrogen-bond donors (Lipinski definition) is 0. The Labute approximate surface area is 73.8 Å². The van der Waals surface area contributed by atoms with Gasteiger partial charge in [-0.3, -0.25) is 4.79 Å². The van der Waals surface area contributed by atoms with Gasteiger partial charge < -0.3 is 9.64 Å². The van der Waals surface area contributed by atoms with E-state index in [-0.39, 0.29) is 5.91 Å². The molecule has 3 nitrogen and oxygen atoms in total. The number of morpholine rings is 1. The van der Waals surface area contributed by atoms with E-state index in [1.807, 2.05) is 0 Å². The van der Waals surface area contributed by atoms with Crippen molar-refractivity contribution >= 4 is 21.8 Å². The molecule has 0 radical (unpaired) electrons. The minimum absolute atomic E-state index is 0.134. The van der Waals surface area contributed by atoms with Crippen LogP contribution in [-0.2, 0) is 9.53 Å². The number of nitrogens with zero attached hydrogens (tertiary/aromatic N) is 1. The molecule has 60 valence electrons. The van der Waals surface area contributed by atoms with E-state index < -0.39 is 0 Å². The Bertz CT molecular complexity index is 200. The highest BCUT2D eigenvalue weighted by Crippen LogP contribution is 1.96. The average molecular weight is 218 g/mol. The topological polar surface area (TPSA) is 29.5 Å². The average Bonchev–Trinajstić information content (AvgIpc) is 2.07. The lowest BCUT2D eigenvalue weighted by atomic mass is 10.4. The maximum Gasteiger partial charge on any atom is 0.299 e. The molecule has 0 aromatic rings. The molecule has 0 aromatic carbocycles. The molecule has 1 heterocycles. The molecule has 1 saturated heterocycles. The zero-order chi connectivity index (χ0) is 8.10. The first-order valence-electron chi connectivity index (χ1n) is 3.33. The number of halogens is 1. The van der Waals surface area contributed by atoms with Gasteiger partial charge in [0.1, 0.15) is 0 Å². The van der Waals surface area contributed by atoms with E-state index in [0.29, 0.717) is 26.3 Å². The molecule has 0 saturated carbocycles. The summed E-state index contributed by atoms with van der Waals surface area (Å²) in [6.07, 6.45) is 0. The van der Waals surface area contributed by atoms with Crippen LogP contribution in [0.15, 0.2) is 0 Å². The minimum atomic E-state index is -0.134. The smallest absolute Gasteiger partial charge is 0.299 e. The molecular weight excluding hydrogens is 210 g/mol. The van der Waals surface area contributed by atoms with Gasteiger partial charge in [-0.05, 0) is 4.83 Å². The van der Waals surface area contributed by atoms with Crippen molar-refractivity contribution in [2.45, 2.75) is 0 Å². The van der Waals surface area contributed by atoms with E-state index in [0.717, 1.165) is 0 Å². The Balaban J connectivity index is 2.43. The van der Waals surface area contributed by atoms with Crippen LogP contribution in [-0.4, -0.2) is 37.1 Å². The van der Waals surface area contributed by atoms with Gasteiger partial charge in [0.05, 0.1) is 13.2 Å². The molecule has 0 spiro atoms. The van der Waals surface area contributed by atoms with Crippen LogP contribution in [0.3, 0.4) is 0 Å². The van der Waals surface area contributed by atoms with E-state index in [4.69, 9.17) is 4.74 Å². The molecule has 1 aliphatic rings. The van der Waals surface area contributed by atoms with Gasteiger partial charge in [-0.2, -0.15) is 0 Å². The summed E-state index contributed by atoms with van der Waals surface area (Å²) in [7, 11) is 0. The fraction of sp³-hybridized carbons (Fsp3) is 0.571. The van der Waals surface area contributed by atoms with Crippen LogP contribution < -0.4 is 0 Å². The van der Waals surface area contributed by atoms with Gasteiger partial charge in [-0.15, -0.1) is 0 Å². The Morgan fingerprint density at radius 1 is 1.45 bits per heavy atom. The monoisotopic (exact) mass is 217 g/mol. The maximum atomic E-state index is 11.1. The number of rotatable bonds is 0. The van der Waals surface area contributed by atoms with Crippen LogP contribution in [0.2, 0.25) is 0 Å². The standard InChI is InChI=1S/C7H8BrNO2/c8-2-1-7(10)9-3-5-11-6-4-9/h3-6H2. The van der Waals surface area contributed by atoms with Crippen LogP contribution in [0.25, 0.3) is 0 Å². The normalized spacial score (nSPS) is 17.0. The minimum Gasteiger partial charge on any atom is -0.378 e. The van der Waals surface area contributed by atoms with Crippen molar-refractivity contribution in [3.63, 3.8) is 0 Å². The van der Waals surface area contributed by atoms with Crippen molar-refractivity contribution in [1.29, 1.82) is 0 Å². The second kappa shape index (κ2) is 4.37. The lowest BCUT2D eigenvalue weighted by Crippen LogP contribution is -2.39. The van der Waals surface area contributed by atoms with Crippen molar-refractivity contribution in [3.05, 3.63) is 0 Å². The predicted octanol–water partition coefficient (Wildman–Crippen LogP) is 0.201. The molecule has 0 aliphatic carbocycles. The molecule has 0 bridgehead atoms. The Morgan fingerprint density at radius 3 is 2.64 bits per heavy atom. The molecule has 11 heavy (non-hydrogen) atoms. The lowest BCUT2D eigenvalue weighted by Gasteiger charge is -2.24. The largest absolute Gasteiger partial charge is 0.378 e. The van der Waals surface area contributed by atoms with Crippen LogP contribution in [0, 0.1) is 10.8 Å². The Kier molecular flexibility index (Phi) is 3.40. The molecule has 0 aromatic heterocycles. The van der Waals surface area contributed by atoms with E-state index in [1.54, 1.807) is 4.90 Å². The SMILES string of the molecule is O=C(C#CBr)N1CCOCC1. The van der Waals surface area contributed by atoms with Crippen LogP contribution in [0.5, 0.6) is 0 Å². The van der Waals surface area contributed by atoms with Gasteiger partial charge in [0.15, 0.2) is 0 Å². The number of carbonyl (C=O) groups is 1. The van der Waals surface area contributed by atoms with Crippen molar-refractivity contribution < 1.29 is 9.53 Å². The fourth-order valence-corrected chi connectivity index (χ4v) is 1.06. The predicted molar refractivity (Wildman–Crippen MR) is 44.1 cm³/mol. The summed E-state index contributed by atoms with van der Waals surface area (Å²) < 4.78 is 5.07. The Morgan fingerprint density at radius 2 is 2.09 bits per heavy atom. The summed E-state index contributed by atoms with van der Waals surface area (Å²) in [6.45, 7) is 2.55. The molecule has 1 amide bonds. The van der Waals surface area contributed by atoms with E-state index in [9.17, 15) is 4.79 Å². The lowest BCUT2D eigenvalue weighted by molar-refractivity contribution is -0.129. The summed E-state index contributed by atoms with van der Waals surface area (Å²) in [5, 5.41) is 0. The molecule has 0 atom stereocenters. The molecule has 0 N–H and O–H groups in total. The maximum absolute atomic E-state index is 11.1. The third-order valence-corrected chi connectivity index (χ3v) is 1.65. The number of ether oxygens (including phenoxy) is 1. The second-order valence-electron chi connectivity index (χ2n) is 2.12. The Hall–Kier alpha value is -0.530. The molecule has 1 aliphatic heterocycles. The summed E-state index contributed by atoms with van der Waals surface area (Å²) in [6, 6.07) is 0. The molecule has 0 unspecified atom stereocenters. The van der Waals surface area contributed by atoms with Gasteiger partial charge in [0.25, 0.3) is 5.91 Å². The van der Waals surface area contributed by atoms with Crippen molar-refractivity contribution in [2.75, 3.05) is 26.3 Å². The van der Waals surface area contributed by atoms with Crippen molar-refractivity contribution in [2.24, 2.45) is 0 Å². The third-order valence-electron chi connectivity index (χ3n) is 1.45. The number of carbonyl (C=O) groups excluding carboxylic acids is 1. The second-order valence-corrected chi connectivity index (χ2v) is 2.52. The number of amides is 1. The summed E-state index contributed by atoms with van der Waals surface area (Å²) in [5.41, 5.74) is 0. The van der Waals surface area contributed by atoms with Gasteiger partial charge in [0.2, 0.25) is 0 Å². The first-order chi connectivity index (χ1) is 5.34. The summed E-state index contributed by atoms with van der Waals surface area (Å²) in [4.78, 5) is 15.1. The van der Waals surface area contributed by atoms with Gasteiger partial charge in [-0.25, -0.2) is 0 Å². The highest BCUT2D eigenvalue weighted by Gasteiger charge is 2.13. The van der Waals surface area contributed by atoms with Gasteiger partial charge >= 0.3 is 0 Å². The van der Waals surface area contributed by atoms with Gasteiger partial charge in [-0.1, -0.05) is 0 Å². The van der Waals surface area contributed by atoms with Crippen LogP contribution in [0.1, 0.15) is 0 Å². The van der Waals surface area contributed by atoms with Crippen LogP contribution >= 0.6 is 15.9 Å².